The highest BCUT2D eigenvalue weighted by Gasteiger charge is 2.44. The molecule has 0 amide bonds. The Balaban J connectivity index is 1.45. The number of rotatable bonds is 12. The zero-order chi connectivity index (χ0) is 27.7. The SMILES string of the molecule is C=C1[C@H](n2nnc3c(N[C@@H]4C[C@H]4c4ccc(F)cc4)nc(SCCC)nc32)C[C@H](OCCO)[C@H]1OC(C)(C)O. The summed E-state index contributed by atoms with van der Waals surface area (Å²) in [6.45, 7) is 9.49. The molecule has 0 unspecified atom stereocenters. The summed E-state index contributed by atoms with van der Waals surface area (Å²) in [4.78, 5) is 9.58. The van der Waals surface area contributed by atoms with E-state index in [0.717, 1.165) is 24.2 Å². The molecule has 2 aromatic heterocycles. The summed E-state index contributed by atoms with van der Waals surface area (Å²) in [5.41, 5.74) is 2.88. The number of fused-ring (bicyclic) bond motifs is 1. The minimum Gasteiger partial charge on any atom is -0.394 e. The number of ether oxygens (including phenoxy) is 2. The summed E-state index contributed by atoms with van der Waals surface area (Å²) in [5, 5.41) is 32.7. The number of hydrogen-bond acceptors (Lipinski definition) is 10. The first-order chi connectivity index (χ1) is 18.7. The summed E-state index contributed by atoms with van der Waals surface area (Å²) in [5.74, 6) is 0.0884. The van der Waals surface area contributed by atoms with Gasteiger partial charge in [0.05, 0.1) is 25.4 Å². The van der Waals surface area contributed by atoms with E-state index in [4.69, 9.17) is 19.4 Å². The summed E-state index contributed by atoms with van der Waals surface area (Å²) in [6, 6.07) is 6.42. The molecule has 1 aromatic carbocycles. The Bertz CT molecular complexity index is 1310. The average molecular weight is 559 g/mol. The first-order valence-corrected chi connectivity index (χ1v) is 14.3. The maximum absolute atomic E-state index is 13.4. The van der Waals surface area contributed by atoms with E-state index in [1.165, 1.54) is 12.1 Å². The van der Waals surface area contributed by atoms with Gasteiger partial charge >= 0.3 is 0 Å². The molecule has 2 saturated carbocycles. The van der Waals surface area contributed by atoms with Crippen molar-refractivity contribution in [3.05, 3.63) is 47.8 Å². The van der Waals surface area contributed by atoms with Crippen LogP contribution in [0.15, 0.2) is 41.6 Å². The lowest BCUT2D eigenvalue weighted by molar-refractivity contribution is -0.216. The molecule has 3 aromatic rings. The van der Waals surface area contributed by atoms with Gasteiger partial charge in [0, 0.05) is 24.1 Å². The fraction of sp³-hybridized carbons (Fsp3) is 0.556. The predicted molar refractivity (Wildman–Crippen MR) is 146 cm³/mol. The number of nitrogens with one attached hydrogen (secondary N) is 1. The van der Waals surface area contributed by atoms with Gasteiger partial charge in [0.15, 0.2) is 27.9 Å². The van der Waals surface area contributed by atoms with Crippen molar-refractivity contribution in [3.63, 3.8) is 0 Å². The van der Waals surface area contributed by atoms with Crippen molar-refractivity contribution in [2.24, 2.45) is 0 Å². The van der Waals surface area contributed by atoms with Crippen molar-refractivity contribution >= 4 is 28.7 Å². The quantitative estimate of drug-likeness (QED) is 0.131. The van der Waals surface area contributed by atoms with E-state index < -0.39 is 18.0 Å². The van der Waals surface area contributed by atoms with Crippen molar-refractivity contribution in [1.82, 2.24) is 25.0 Å². The van der Waals surface area contributed by atoms with Gasteiger partial charge in [-0.15, -0.1) is 5.10 Å². The van der Waals surface area contributed by atoms with Crippen LogP contribution in [-0.4, -0.2) is 78.2 Å². The van der Waals surface area contributed by atoms with Crippen LogP contribution in [-0.2, 0) is 9.47 Å². The van der Waals surface area contributed by atoms with Gasteiger partial charge in [0.1, 0.15) is 11.9 Å². The van der Waals surface area contributed by atoms with Gasteiger partial charge in [0.25, 0.3) is 0 Å². The molecule has 12 heteroatoms. The Morgan fingerprint density at radius 3 is 2.69 bits per heavy atom. The molecular formula is C27H35FN6O4S. The second-order valence-corrected chi connectivity index (χ2v) is 11.6. The lowest BCUT2D eigenvalue weighted by Gasteiger charge is -2.28. The number of aliphatic hydroxyl groups excluding tert-OH is 1. The molecule has 0 radical (unpaired) electrons. The number of aromatic nitrogens is 5. The monoisotopic (exact) mass is 558 g/mol. The summed E-state index contributed by atoms with van der Waals surface area (Å²) in [6.07, 6.45) is 1.31. The highest BCUT2D eigenvalue weighted by molar-refractivity contribution is 7.99. The molecule has 2 heterocycles. The molecule has 0 saturated heterocycles. The molecule has 10 nitrogen and oxygen atoms in total. The minimum atomic E-state index is -1.40. The van der Waals surface area contributed by atoms with Crippen molar-refractivity contribution in [2.45, 2.75) is 81.2 Å². The highest BCUT2D eigenvalue weighted by atomic mass is 32.2. The van der Waals surface area contributed by atoms with Gasteiger partial charge in [-0.2, -0.15) is 0 Å². The van der Waals surface area contributed by atoms with E-state index in [2.05, 4.69) is 29.1 Å². The zero-order valence-corrected chi connectivity index (χ0v) is 23.2. The van der Waals surface area contributed by atoms with Crippen LogP contribution in [0, 0.1) is 5.82 Å². The Kier molecular flexibility index (Phi) is 8.20. The Labute approximate surface area is 231 Å². The molecule has 39 heavy (non-hydrogen) atoms. The second kappa shape index (κ2) is 11.5. The molecular weight excluding hydrogens is 523 g/mol. The Morgan fingerprint density at radius 2 is 2.00 bits per heavy atom. The van der Waals surface area contributed by atoms with Crippen LogP contribution in [0.2, 0.25) is 0 Å². The third-order valence-corrected chi connectivity index (χ3v) is 7.92. The molecule has 3 N–H and O–H groups in total. The topological polar surface area (TPSA) is 127 Å². The number of aliphatic hydroxyl groups is 2. The number of anilines is 1. The second-order valence-electron chi connectivity index (χ2n) is 10.5. The van der Waals surface area contributed by atoms with Gasteiger partial charge in [-0.25, -0.2) is 19.0 Å². The maximum Gasteiger partial charge on any atom is 0.191 e. The fourth-order valence-electron chi connectivity index (χ4n) is 4.99. The summed E-state index contributed by atoms with van der Waals surface area (Å²) in [7, 11) is 0. The standard InChI is InChI=1S/C27H35FN6O4S/c1-5-12-39-26-30-24(29-19-13-18(19)16-6-8-17(28)9-7-16)22-25(31-26)34(33-32-22)20-14-21(37-11-10-35)23(15(20)2)38-27(3,4)36/h6-9,18-21,23,35-36H,2,5,10-14H2,1,3-4H3,(H,29,30,31)/t18-,19+,20+,21-,23-/m0/s1. The van der Waals surface area contributed by atoms with E-state index >= 15 is 0 Å². The fourth-order valence-corrected chi connectivity index (χ4v) is 5.68. The zero-order valence-electron chi connectivity index (χ0n) is 22.4. The van der Waals surface area contributed by atoms with Crippen LogP contribution in [0.1, 0.15) is 57.6 Å². The highest BCUT2D eigenvalue weighted by Crippen LogP contribution is 2.44. The minimum absolute atomic E-state index is 0.129. The van der Waals surface area contributed by atoms with Crippen molar-refractivity contribution in [3.8, 4) is 0 Å². The third-order valence-electron chi connectivity index (χ3n) is 6.87. The largest absolute Gasteiger partial charge is 0.394 e. The first-order valence-electron chi connectivity index (χ1n) is 13.3. The van der Waals surface area contributed by atoms with Crippen molar-refractivity contribution in [1.29, 1.82) is 0 Å². The lowest BCUT2D eigenvalue weighted by Crippen LogP contribution is -2.36. The van der Waals surface area contributed by atoms with Crippen LogP contribution in [0.3, 0.4) is 0 Å². The lowest BCUT2D eigenvalue weighted by atomic mass is 10.1. The van der Waals surface area contributed by atoms with Crippen molar-refractivity contribution in [2.75, 3.05) is 24.3 Å². The summed E-state index contributed by atoms with van der Waals surface area (Å²) < 4.78 is 26.9. The molecule has 2 aliphatic carbocycles. The van der Waals surface area contributed by atoms with E-state index in [9.17, 15) is 14.6 Å². The van der Waals surface area contributed by atoms with E-state index in [1.807, 2.05) is 12.1 Å². The number of nitrogens with zero attached hydrogens (tertiary/aromatic N) is 5. The van der Waals surface area contributed by atoms with E-state index in [1.54, 1.807) is 30.3 Å². The predicted octanol–water partition coefficient (Wildman–Crippen LogP) is 3.82. The Morgan fingerprint density at radius 1 is 1.23 bits per heavy atom. The number of hydrogen-bond donors (Lipinski definition) is 3. The van der Waals surface area contributed by atoms with Gasteiger partial charge in [-0.05, 0) is 50.0 Å². The summed E-state index contributed by atoms with van der Waals surface area (Å²) >= 11 is 1.57. The molecule has 0 spiro atoms. The molecule has 5 atom stereocenters. The average Bonchev–Trinajstić information content (AvgIpc) is 3.42. The first kappa shape index (κ1) is 27.9. The molecule has 2 aliphatic rings. The number of benzene rings is 1. The van der Waals surface area contributed by atoms with Crippen LogP contribution >= 0.6 is 11.8 Å². The molecule has 210 valence electrons. The number of thioether (sulfide) groups is 1. The number of halogens is 1. The van der Waals surface area contributed by atoms with Gasteiger partial charge in [-0.3, -0.25) is 0 Å². The van der Waals surface area contributed by atoms with Crippen molar-refractivity contribution < 1.29 is 24.1 Å². The van der Waals surface area contributed by atoms with Crippen LogP contribution in [0.25, 0.3) is 11.2 Å². The molecule has 0 bridgehead atoms. The molecule has 0 aliphatic heterocycles. The van der Waals surface area contributed by atoms with Crippen LogP contribution in [0.4, 0.5) is 10.2 Å². The van der Waals surface area contributed by atoms with E-state index in [0.29, 0.717) is 34.1 Å². The van der Waals surface area contributed by atoms with Gasteiger partial charge in [0.2, 0.25) is 0 Å². The van der Waals surface area contributed by atoms with Gasteiger partial charge < -0.3 is 25.0 Å². The third kappa shape index (κ3) is 6.25. The Hall–Kier alpha value is -2.64. The van der Waals surface area contributed by atoms with Crippen LogP contribution in [0.5, 0.6) is 0 Å². The van der Waals surface area contributed by atoms with Gasteiger partial charge in [-0.1, -0.05) is 42.6 Å². The smallest absolute Gasteiger partial charge is 0.191 e. The normalized spacial score (nSPS) is 25.0. The van der Waals surface area contributed by atoms with Crippen LogP contribution < -0.4 is 5.32 Å². The molecule has 2 fully saturated rings. The maximum atomic E-state index is 13.4. The van der Waals surface area contributed by atoms with E-state index in [-0.39, 0.29) is 37.0 Å². The molecule has 5 rings (SSSR count).